The van der Waals surface area contributed by atoms with Gasteiger partial charge in [-0.05, 0) is 33.6 Å². The molecule has 0 spiro atoms. The fourth-order valence-electron chi connectivity index (χ4n) is 3.61. The van der Waals surface area contributed by atoms with Gasteiger partial charge in [0.15, 0.2) is 0 Å². The Morgan fingerprint density at radius 1 is 1.18 bits per heavy atom. The van der Waals surface area contributed by atoms with Crippen molar-refractivity contribution in [2.45, 2.75) is 58.5 Å². The normalized spacial score (nSPS) is 23.0. The van der Waals surface area contributed by atoms with E-state index in [4.69, 9.17) is 4.74 Å². The number of alkyl carbamates (subject to hydrolysis) is 1. The van der Waals surface area contributed by atoms with E-state index in [0.717, 1.165) is 39.3 Å². The van der Waals surface area contributed by atoms with E-state index in [9.17, 15) is 4.79 Å². The lowest BCUT2D eigenvalue weighted by Crippen LogP contribution is -2.52. The minimum atomic E-state index is -0.428. The van der Waals surface area contributed by atoms with Crippen LogP contribution >= 0.6 is 0 Å². The van der Waals surface area contributed by atoms with Crippen molar-refractivity contribution >= 4 is 6.09 Å². The highest BCUT2D eigenvalue weighted by molar-refractivity contribution is 5.67. The zero-order valence-corrected chi connectivity index (χ0v) is 14.5. The van der Waals surface area contributed by atoms with Crippen LogP contribution in [0, 0.1) is 5.41 Å². The van der Waals surface area contributed by atoms with Gasteiger partial charge < -0.3 is 20.3 Å². The van der Waals surface area contributed by atoms with Crippen LogP contribution in [-0.4, -0.2) is 55.9 Å². The number of hydrogen-bond donors (Lipinski definition) is 2. The molecule has 2 aliphatic rings. The first-order valence-corrected chi connectivity index (χ1v) is 8.79. The Balaban J connectivity index is 1.89. The van der Waals surface area contributed by atoms with E-state index in [1.165, 1.54) is 32.1 Å². The summed E-state index contributed by atoms with van der Waals surface area (Å²) in [6.07, 6.45) is 6.04. The summed E-state index contributed by atoms with van der Waals surface area (Å²) in [7, 11) is 0. The number of nitrogens with zero attached hydrogens (tertiary/aromatic N) is 1. The van der Waals surface area contributed by atoms with Crippen molar-refractivity contribution in [2.75, 3.05) is 39.3 Å². The lowest BCUT2D eigenvalue weighted by molar-refractivity contribution is 0.0437. The standard InChI is InChI=1S/C17H33N3O2/c1-16(2,3)22-15(21)19-13-17(7-5-4-6-8-17)14-20-11-9-18-10-12-20/h18H,4-14H2,1-3H3,(H,19,21). The second-order valence-corrected chi connectivity index (χ2v) is 7.94. The Morgan fingerprint density at radius 2 is 1.82 bits per heavy atom. The number of rotatable bonds is 4. The maximum atomic E-state index is 12.0. The first-order valence-electron chi connectivity index (χ1n) is 8.79. The highest BCUT2D eigenvalue weighted by Crippen LogP contribution is 2.36. The molecule has 0 radical (unpaired) electrons. The Bertz CT molecular complexity index is 353. The Hall–Kier alpha value is -0.810. The summed E-state index contributed by atoms with van der Waals surface area (Å²) < 4.78 is 5.39. The van der Waals surface area contributed by atoms with Crippen LogP contribution in [-0.2, 0) is 4.74 Å². The van der Waals surface area contributed by atoms with Gasteiger partial charge in [-0.15, -0.1) is 0 Å². The summed E-state index contributed by atoms with van der Waals surface area (Å²) in [5.74, 6) is 0. The molecule has 0 aromatic carbocycles. The van der Waals surface area contributed by atoms with Crippen LogP contribution < -0.4 is 10.6 Å². The van der Waals surface area contributed by atoms with E-state index in [0.29, 0.717) is 0 Å². The monoisotopic (exact) mass is 311 g/mol. The number of nitrogens with one attached hydrogen (secondary N) is 2. The molecule has 1 saturated carbocycles. The van der Waals surface area contributed by atoms with Crippen LogP contribution in [0.3, 0.4) is 0 Å². The summed E-state index contributed by atoms with van der Waals surface area (Å²) in [5, 5.41) is 6.44. The second-order valence-electron chi connectivity index (χ2n) is 7.94. The molecule has 2 rings (SSSR count). The Morgan fingerprint density at radius 3 is 2.41 bits per heavy atom. The van der Waals surface area contributed by atoms with Crippen molar-refractivity contribution in [1.82, 2.24) is 15.5 Å². The van der Waals surface area contributed by atoms with E-state index in [2.05, 4.69) is 15.5 Å². The molecule has 5 heteroatoms. The predicted molar refractivity (Wildman–Crippen MR) is 89.1 cm³/mol. The SMILES string of the molecule is CC(C)(C)OC(=O)NCC1(CN2CCNCC2)CCCCC1. The number of hydrogen-bond acceptors (Lipinski definition) is 4. The zero-order valence-electron chi connectivity index (χ0n) is 14.5. The molecule has 1 aliphatic heterocycles. The molecule has 22 heavy (non-hydrogen) atoms. The number of amides is 1. The minimum Gasteiger partial charge on any atom is -0.444 e. The molecule has 1 amide bonds. The summed E-state index contributed by atoms with van der Waals surface area (Å²) in [4.78, 5) is 14.5. The Labute approximate surface area is 135 Å². The van der Waals surface area contributed by atoms with Crippen LogP contribution in [0.15, 0.2) is 0 Å². The van der Waals surface area contributed by atoms with Gasteiger partial charge in [0.2, 0.25) is 0 Å². The number of carbonyl (C=O) groups is 1. The summed E-state index contributed by atoms with van der Waals surface area (Å²) in [5.41, 5.74) is -0.200. The van der Waals surface area contributed by atoms with Gasteiger partial charge in [0.1, 0.15) is 5.60 Å². The molecular weight excluding hydrogens is 278 g/mol. The highest BCUT2D eigenvalue weighted by atomic mass is 16.6. The largest absolute Gasteiger partial charge is 0.444 e. The van der Waals surface area contributed by atoms with Gasteiger partial charge in [-0.1, -0.05) is 19.3 Å². The maximum absolute atomic E-state index is 12.0. The van der Waals surface area contributed by atoms with Gasteiger partial charge in [-0.3, -0.25) is 0 Å². The third kappa shape index (κ3) is 5.76. The first kappa shape index (κ1) is 17.5. The average Bonchev–Trinajstić information content (AvgIpc) is 2.46. The fraction of sp³-hybridized carbons (Fsp3) is 0.941. The molecule has 1 heterocycles. The average molecular weight is 311 g/mol. The summed E-state index contributed by atoms with van der Waals surface area (Å²) in [6.45, 7) is 12.0. The van der Waals surface area contributed by atoms with Crippen molar-refractivity contribution in [2.24, 2.45) is 5.41 Å². The molecule has 0 bridgehead atoms. The van der Waals surface area contributed by atoms with Crippen molar-refractivity contribution < 1.29 is 9.53 Å². The quantitative estimate of drug-likeness (QED) is 0.837. The first-order chi connectivity index (χ1) is 10.4. The molecule has 0 atom stereocenters. The van der Waals surface area contributed by atoms with E-state index < -0.39 is 5.60 Å². The smallest absolute Gasteiger partial charge is 0.407 e. The van der Waals surface area contributed by atoms with Crippen molar-refractivity contribution in [3.05, 3.63) is 0 Å². The predicted octanol–water partition coefficient (Wildman–Crippen LogP) is 2.37. The van der Waals surface area contributed by atoms with Gasteiger partial charge in [-0.25, -0.2) is 4.79 Å². The number of ether oxygens (including phenoxy) is 1. The van der Waals surface area contributed by atoms with Crippen LogP contribution in [0.1, 0.15) is 52.9 Å². The second kappa shape index (κ2) is 7.64. The van der Waals surface area contributed by atoms with Crippen molar-refractivity contribution in [1.29, 1.82) is 0 Å². The number of piperazine rings is 1. The molecule has 5 nitrogen and oxygen atoms in total. The molecule has 1 saturated heterocycles. The van der Waals surface area contributed by atoms with Gasteiger partial charge in [0.25, 0.3) is 0 Å². The molecule has 128 valence electrons. The van der Waals surface area contributed by atoms with Crippen molar-refractivity contribution in [3.8, 4) is 0 Å². The molecule has 0 aromatic heterocycles. The fourth-order valence-corrected chi connectivity index (χ4v) is 3.61. The summed E-state index contributed by atoms with van der Waals surface area (Å²) in [6, 6.07) is 0. The van der Waals surface area contributed by atoms with Crippen LogP contribution in [0.2, 0.25) is 0 Å². The molecule has 2 N–H and O–H groups in total. The minimum absolute atomic E-state index is 0.229. The molecule has 0 aromatic rings. The van der Waals surface area contributed by atoms with E-state index in [1.54, 1.807) is 0 Å². The molecule has 2 fully saturated rings. The lowest BCUT2D eigenvalue weighted by Gasteiger charge is -2.42. The molecule has 0 unspecified atom stereocenters. The maximum Gasteiger partial charge on any atom is 0.407 e. The van der Waals surface area contributed by atoms with E-state index in [1.807, 2.05) is 20.8 Å². The van der Waals surface area contributed by atoms with Crippen LogP contribution in [0.4, 0.5) is 4.79 Å². The summed E-state index contributed by atoms with van der Waals surface area (Å²) >= 11 is 0. The van der Waals surface area contributed by atoms with Gasteiger partial charge >= 0.3 is 6.09 Å². The van der Waals surface area contributed by atoms with Crippen molar-refractivity contribution in [3.63, 3.8) is 0 Å². The number of carbonyl (C=O) groups excluding carboxylic acids is 1. The zero-order chi connectivity index (χ0) is 16.1. The topological polar surface area (TPSA) is 53.6 Å². The van der Waals surface area contributed by atoms with Gasteiger partial charge in [0, 0.05) is 44.7 Å². The van der Waals surface area contributed by atoms with E-state index >= 15 is 0 Å². The van der Waals surface area contributed by atoms with E-state index in [-0.39, 0.29) is 11.5 Å². The van der Waals surface area contributed by atoms with Gasteiger partial charge in [-0.2, -0.15) is 0 Å². The highest BCUT2D eigenvalue weighted by Gasteiger charge is 2.35. The molecule has 1 aliphatic carbocycles. The third-order valence-corrected chi connectivity index (χ3v) is 4.69. The van der Waals surface area contributed by atoms with Crippen LogP contribution in [0.5, 0.6) is 0 Å². The third-order valence-electron chi connectivity index (χ3n) is 4.69. The Kier molecular flexibility index (Phi) is 6.09. The van der Waals surface area contributed by atoms with Gasteiger partial charge in [0.05, 0.1) is 0 Å². The molecular formula is C17H33N3O2. The lowest BCUT2D eigenvalue weighted by atomic mass is 9.73. The van der Waals surface area contributed by atoms with Crippen LogP contribution in [0.25, 0.3) is 0 Å².